The van der Waals surface area contributed by atoms with Crippen LogP contribution in [-0.4, -0.2) is 25.5 Å². The van der Waals surface area contributed by atoms with Gasteiger partial charge in [-0.2, -0.15) is 4.39 Å². The highest BCUT2D eigenvalue weighted by molar-refractivity contribution is 5.33. The molecule has 0 radical (unpaired) electrons. The molecule has 0 bridgehead atoms. The smallest absolute Gasteiger partial charge is 0.200 e. The maximum absolute atomic E-state index is 14.7. The Morgan fingerprint density at radius 1 is 1.07 bits per heavy atom. The molecule has 1 aromatic carbocycles. The van der Waals surface area contributed by atoms with Gasteiger partial charge in [0.05, 0.1) is 6.10 Å². The van der Waals surface area contributed by atoms with Crippen LogP contribution in [0.1, 0.15) is 83.1 Å². The molecule has 2 nitrogen and oxygen atoms in total. The van der Waals surface area contributed by atoms with E-state index in [0.29, 0.717) is 24.0 Å². The van der Waals surface area contributed by atoms with Gasteiger partial charge in [-0.15, -0.1) is 0 Å². The van der Waals surface area contributed by atoms with Crippen molar-refractivity contribution in [2.45, 2.75) is 89.8 Å². The molecule has 0 spiro atoms. The van der Waals surface area contributed by atoms with Crippen molar-refractivity contribution >= 4 is 0 Å². The SMILES string of the molecule is CCCC1CCC(c2ccc(OCC(F)CC3CCC(C)CO3)c(F)c2F)CC1. The molecule has 2 aliphatic rings. The molecule has 1 saturated heterocycles. The summed E-state index contributed by atoms with van der Waals surface area (Å²) in [4.78, 5) is 0. The number of rotatable bonds is 8. The van der Waals surface area contributed by atoms with Crippen molar-refractivity contribution in [3.63, 3.8) is 0 Å². The molecule has 164 valence electrons. The van der Waals surface area contributed by atoms with Gasteiger partial charge in [-0.3, -0.25) is 0 Å². The fraction of sp³-hybridized carbons (Fsp3) is 0.750. The van der Waals surface area contributed by atoms with Gasteiger partial charge in [0.25, 0.3) is 0 Å². The van der Waals surface area contributed by atoms with Crippen molar-refractivity contribution in [1.29, 1.82) is 0 Å². The summed E-state index contributed by atoms with van der Waals surface area (Å²) < 4.78 is 54.3. The first kappa shape index (κ1) is 22.5. The van der Waals surface area contributed by atoms with Gasteiger partial charge in [0.1, 0.15) is 12.8 Å². The molecular weight excluding hydrogens is 377 g/mol. The zero-order valence-corrected chi connectivity index (χ0v) is 17.8. The fourth-order valence-electron chi connectivity index (χ4n) is 4.80. The molecule has 1 aliphatic carbocycles. The highest BCUT2D eigenvalue weighted by Gasteiger charge is 2.27. The second kappa shape index (κ2) is 10.7. The Hall–Kier alpha value is -1.23. The summed E-state index contributed by atoms with van der Waals surface area (Å²) in [5.74, 6) is -0.741. The lowest BCUT2D eigenvalue weighted by molar-refractivity contribution is -0.0299. The third-order valence-corrected chi connectivity index (χ3v) is 6.60. The van der Waals surface area contributed by atoms with E-state index in [9.17, 15) is 13.2 Å². The predicted octanol–water partition coefficient (Wildman–Crippen LogP) is 6.96. The fourth-order valence-corrected chi connectivity index (χ4v) is 4.80. The van der Waals surface area contributed by atoms with Gasteiger partial charge in [0.15, 0.2) is 11.6 Å². The molecule has 5 heteroatoms. The molecule has 29 heavy (non-hydrogen) atoms. The zero-order chi connectivity index (χ0) is 20.8. The lowest BCUT2D eigenvalue weighted by Crippen LogP contribution is -2.29. The van der Waals surface area contributed by atoms with E-state index in [1.54, 1.807) is 6.07 Å². The van der Waals surface area contributed by atoms with Gasteiger partial charge in [0, 0.05) is 13.0 Å². The Kier molecular flexibility index (Phi) is 8.28. The number of hydrogen-bond donors (Lipinski definition) is 0. The van der Waals surface area contributed by atoms with Gasteiger partial charge >= 0.3 is 0 Å². The van der Waals surface area contributed by atoms with Gasteiger partial charge in [-0.1, -0.05) is 32.8 Å². The zero-order valence-electron chi connectivity index (χ0n) is 17.8. The van der Waals surface area contributed by atoms with Crippen molar-refractivity contribution in [2.75, 3.05) is 13.2 Å². The Balaban J connectivity index is 1.51. The number of ether oxygens (including phenoxy) is 2. The van der Waals surface area contributed by atoms with E-state index in [1.807, 2.05) is 0 Å². The summed E-state index contributed by atoms with van der Waals surface area (Å²) in [5, 5.41) is 0. The summed E-state index contributed by atoms with van der Waals surface area (Å²) in [7, 11) is 0. The van der Waals surface area contributed by atoms with Crippen LogP contribution < -0.4 is 4.74 Å². The molecule has 1 heterocycles. The van der Waals surface area contributed by atoms with Crippen LogP contribution in [0.25, 0.3) is 0 Å². The summed E-state index contributed by atoms with van der Waals surface area (Å²) in [6, 6.07) is 3.08. The minimum atomic E-state index is -1.26. The molecule has 0 N–H and O–H groups in total. The van der Waals surface area contributed by atoms with Crippen LogP contribution in [0, 0.1) is 23.5 Å². The quantitative estimate of drug-likeness (QED) is 0.459. The van der Waals surface area contributed by atoms with Crippen LogP contribution in [0.5, 0.6) is 5.75 Å². The lowest BCUT2D eigenvalue weighted by atomic mass is 9.77. The molecule has 0 amide bonds. The van der Waals surface area contributed by atoms with E-state index in [1.165, 1.54) is 18.9 Å². The minimum Gasteiger partial charge on any atom is -0.487 e. The van der Waals surface area contributed by atoms with E-state index in [4.69, 9.17) is 9.47 Å². The Bertz CT molecular complexity index is 635. The highest BCUT2D eigenvalue weighted by Crippen LogP contribution is 2.39. The lowest BCUT2D eigenvalue weighted by Gasteiger charge is -2.29. The van der Waals surface area contributed by atoms with Crippen molar-refractivity contribution in [2.24, 2.45) is 11.8 Å². The monoisotopic (exact) mass is 412 g/mol. The van der Waals surface area contributed by atoms with E-state index >= 15 is 0 Å². The van der Waals surface area contributed by atoms with Gasteiger partial charge in [-0.05, 0) is 67.9 Å². The van der Waals surface area contributed by atoms with Gasteiger partial charge < -0.3 is 9.47 Å². The third kappa shape index (κ3) is 6.13. The van der Waals surface area contributed by atoms with Crippen LogP contribution in [0.2, 0.25) is 0 Å². The summed E-state index contributed by atoms with van der Waals surface area (Å²) in [5.41, 5.74) is 0.436. The van der Waals surface area contributed by atoms with Crippen molar-refractivity contribution in [1.82, 2.24) is 0 Å². The van der Waals surface area contributed by atoms with Gasteiger partial charge in [-0.25, -0.2) is 8.78 Å². The standard InChI is InChI=1S/C24H35F3O2/c1-3-4-17-6-8-18(9-7-17)21-11-12-22(24(27)23(21)26)29-15-19(25)13-20-10-5-16(2)14-28-20/h11-12,16-20H,3-10,13-15H2,1-2H3. The maximum atomic E-state index is 14.7. The average molecular weight is 413 g/mol. The van der Waals surface area contributed by atoms with Crippen LogP contribution >= 0.6 is 0 Å². The molecular formula is C24H35F3O2. The first-order chi connectivity index (χ1) is 14.0. The second-order valence-electron chi connectivity index (χ2n) is 9.07. The normalized spacial score (nSPS) is 28.9. The number of alkyl halides is 1. The van der Waals surface area contributed by atoms with E-state index in [-0.39, 0.29) is 30.8 Å². The number of benzene rings is 1. The highest BCUT2D eigenvalue weighted by atomic mass is 19.2. The summed E-state index contributed by atoms with van der Waals surface area (Å²) in [6.45, 7) is 4.67. The first-order valence-electron chi connectivity index (χ1n) is 11.3. The third-order valence-electron chi connectivity index (χ3n) is 6.60. The molecule has 3 atom stereocenters. The van der Waals surface area contributed by atoms with E-state index < -0.39 is 17.8 Å². The first-order valence-corrected chi connectivity index (χ1v) is 11.3. The Labute approximate surface area is 173 Å². The molecule has 3 rings (SSSR count). The minimum absolute atomic E-state index is 0.0615. The van der Waals surface area contributed by atoms with Crippen molar-refractivity contribution in [3.8, 4) is 5.75 Å². The molecule has 2 fully saturated rings. The molecule has 1 saturated carbocycles. The van der Waals surface area contributed by atoms with Crippen LogP contribution in [0.3, 0.4) is 0 Å². The molecule has 1 aromatic rings. The largest absolute Gasteiger partial charge is 0.487 e. The average Bonchev–Trinajstić information content (AvgIpc) is 2.72. The number of halogens is 3. The van der Waals surface area contributed by atoms with Crippen LogP contribution in [-0.2, 0) is 4.74 Å². The Morgan fingerprint density at radius 3 is 2.48 bits per heavy atom. The molecule has 1 aliphatic heterocycles. The Morgan fingerprint density at radius 2 is 1.83 bits per heavy atom. The van der Waals surface area contributed by atoms with E-state index in [2.05, 4.69) is 13.8 Å². The molecule has 0 aromatic heterocycles. The summed E-state index contributed by atoms with van der Waals surface area (Å²) >= 11 is 0. The summed E-state index contributed by atoms with van der Waals surface area (Å²) in [6.07, 6.45) is 7.04. The topological polar surface area (TPSA) is 18.5 Å². The maximum Gasteiger partial charge on any atom is 0.200 e. The van der Waals surface area contributed by atoms with Crippen molar-refractivity contribution < 1.29 is 22.6 Å². The van der Waals surface area contributed by atoms with Gasteiger partial charge in [0.2, 0.25) is 5.82 Å². The molecule has 3 unspecified atom stereocenters. The second-order valence-corrected chi connectivity index (χ2v) is 9.07. The van der Waals surface area contributed by atoms with Crippen LogP contribution in [0.4, 0.5) is 13.2 Å². The van der Waals surface area contributed by atoms with Crippen molar-refractivity contribution in [3.05, 3.63) is 29.3 Å². The number of hydrogen-bond acceptors (Lipinski definition) is 2. The van der Waals surface area contributed by atoms with E-state index in [0.717, 1.165) is 38.5 Å². The predicted molar refractivity (Wildman–Crippen MR) is 109 cm³/mol. The van der Waals surface area contributed by atoms with Crippen LogP contribution in [0.15, 0.2) is 12.1 Å².